The Morgan fingerprint density at radius 3 is 1.03 bits per heavy atom. The molecule has 0 aromatic rings. The minimum atomic E-state index is -0.621. The minimum Gasteiger partial charge on any atom is -0.481 e. The molecular formula is C54H110N2O2Pd. The van der Waals surface area contributed by atoms with Crippen molar-refractivity contribution in [2.75, 3.05) is 13.1 Å². The van der Waals surface area contributed by atoms with Gasteiger partial charge in [-0.2, -0.15) is 0 Å². The van der Waals surface area contributed by atoms with E-state index in [0.717, 1.165) is 38.8 Å². The second kappa shape index (κ2) is 48.6. The zero-order chi connectivity index (χ0) is 44.2. The van der Waals surface area contributed by atoms with Crippen molar-refractivity contribution in [2.45, 2.75) is 275 Å². The average Bonchev–Trinajstić information content (AvgIpc) is 3.14. The summed E-state index contributed by atoms with van der Waals surface area (Å²) in [5.74, 6) is 0.0226. The quantitative estimate of drug-likeness (QED) is 0.0329. The zero-order valence-electron chi connectivity index (χ0n) is 41.9. The van der Waals surface area contributed by atoms with Crippen LogP contribution in [0.5, 0.6) is 0 Å². The minimum absolute atomic E-state index is 0. The third-order valence-electron chi connectivity index (χ3n) is 11.3. The van der Waals surface area contributed by atoms with Crippen LogP contribution in [0.1, 0.15) is 275 Å². The number of carboxylic acid groups (broad SMARTS) is 1. The third kappa shape index (κ3) is 59.7. The zero-order valence-corrected chi connectivity index (χ0v) is 43.5. The summed E-state index contributed by atoms with van der Waals surface area (Å²) >= 11 is 0. The maximum absolute atomic E-state index is 11.5. The number of unbranched alkanes of at least 4 members (excludes halogenated alkanes) is 24. The average molecular weight is 926 g/mol. The van der Waals surface area contributed by atoms with Gasteiger partial charge in [0, 0.05) is 20.4 Å². The normalized spacial score (nSPS) is 13.4. The van der Waals surface area contributed by atoms with Gasteiger partial charge in [-0.25, -0.2) is 0 Å². The van der Waals surface area contributed by atoms with Gasteiger partial charge in [0.2, 0.25) is 0 Å². The molecule has 5 heteroatoms. The van der Waals surface area contributed by atoms with E-state index in [9.17, 15) is 9.90 Å². The van der Waals surface area contributed by atoms with E-state index in [0.29, 0.717) is 11.3 Å². The van der Waals surface area contributed by atoms with Crippen LogP contribution in [-0.4, -0.2) is 24.2 Å². The van der Waals surface area contributed by atoms with Gasteiger partial charge in [0.05, 0.1) is 5.92 Å². The molecule has 0 aliphatic rings. The molecule has 0 bridgehead atoms. The standard InChI is InChI=1S/2C18H37N.C18H36O2.Pd/c2*1-2-3-4-5-6-7-8-9-10-11-12-13-14-15-16-17-18-19;1-13(11-17(3,4)5)9-10-15(16(19)20)14(2)12-18(6,7)8;/h2*9-10H,2-8,11-19H2,1H3;13-15H,9-12H2,1-8H3,(H,19,20);/b2*10-9-;;. The fourth-order valence-electron chi connectivity index (χ4n) is 8.15. The summed E-state index contributed by atoms with van der Waals surface area (Å²) in [6.07, 6.45) is 51.7. The van der Waals surface area contributed by atoms with Crippen LogP contribution in [0.4, 0.5) is 0 Å². The smallest absolute Gasteiger partial charge is 0.306 e. The van der Waals surface area contributed by atoms with Crippen LogP contribution < -0.4 is 11.5 Å². The summed E-state index contributed by atoms with van der Waals surface area (Å²) in [7, 11) is 0. The van der Waals surface area contributed by atoms with Crippen molar-refractivity contribution in [3.8, 4) is 0 Å². The maximum Gasteiger partial charge on any atom is 0.306 e. The molecular weight excluding hydrogens is 815 g/mol. The van der Waals surface area contributed by atoms with E-state index in [2.05, 4.69) is 93.5 Å². The van der Waals surface area contributed by atoms with Crippen molar-refractivity contribution in [3.63, 3.8) is 0 Å². The number of hydrogen-bond acceptors (Lipinski definition) is 3. The van der Waals surface area contributed by atoms with Crippen LogP contribution >= 0.6 is 0 Å². The molecule has 0 aromatic heterocycles. The number of carbonyl (C=O) groups is 1. The van der Waals surface area contributed by atoms with Crippen LogP contribution in [0.15, 0.2) is 24.3 Å². The Balaban J connectivity index is -0.000000381. The number of rotatable bonds is 37. The number of hydrogen-bond donors (Lipinski definition) is 3. The molecule has 0 radical (unpaired) electrons. The fraction of sp³-hybridized carbons (Fsp3) is 0.907. The second-order valence-electron chi connectivity index (χ2n) is 20.6. The Hall–Kier alpha value is -0.468. The number of nitrogens with two attached hydrogens (primary N) is 2. The van der Waals surface area contributed by atoms with E-state index in [1.165, 1.54) is 180 Å². The molecule has 3 atom stereocenters. The van der Waals surface area contributed by atoms with Gasteiger partial charge in [0.1, 0.15) is 0 Å². The fourth-order valence-corrected chi connectivity index (χ4v) is 8.15. The molecule has 358 valence electrons. The van der Waals surface area contributed by atoms with E-state index in [1.54, 1.807) is 0 Å². The van der Waals surface area contributed by atoms with Crippen molar-refractivity contribution in [1.29, 1.82) is 0 Å². The molecule has 4 nitrogen and oxygen atoms in total. The van der Waals surface area contributed by atoms with Gasteiger partial charge in [-0.15, -0.1) is 0 Å². The van der Waals surface area contributed by atoms with Gasteiger partial charge in [0.15, 0.2) is 0 Å². The molecule has 0 spiro atoms. The SMILES string of the molecule is CC(CCC(C(=O)O)C(C)CC(C)(C)C)CC(C)(C)C.CCCCCCCC/C=C\CCCCCCCCN.CCCCCCCC/C=C\CCCCCCCCN.[Pd]. The van der Waals surface area contributed by atoms with Crippen LogP contribution in [0.3, 0.4) is 0 Å². The largest absolute Gasteiger partial charge is 0.481 e. The topological polar surface area (TPSA) is 89.3 Å². The van der Waals surface area contributed by atoms with Crippen molar-refractivity contribution < 1.29 is 30.3 Å². The Kier molecular flexibility index (Phi) is 53.6. The Morgan fingerprint density at radius 1 is 0.475 bits per heavy atom. The molecule has 0 rings (SSSR count). The number of aliphatic carboxylic acids is 1. The molecule has 5 N–H and O–H groups in total. The number of allylic oxidation sites excluding steroid dienone is 4. The summed E-state index contributed by atoms with van der Waals surface area (Å²) in [6, 6.07) is 0. The Bertz CT molecular complexity index is 835. The monoisotopic (exact) mass is 925 g/mol. The summed E-state index contributed by atoms with van der Waals surface area (Å²) < 4.78 is 0. The Labute approximate surface area is 386 Å². The molecule has 59 heavy (non-hydrogen) atoms. The number of carboxylic acids is 1. The Morgan fingerprint density at radius 2 is 0.763 bits per heavy atom. The molecule has 0 amide bonds. The van der Waals surface area contributed by atoms with E-state index in [1.807, 2.05) is 0 Å². The molecule has 0 saturated heterocycles. The van der Waals surface area contributed by atoms with Crippen molar-refractivity contribution >= 4 is 5.97 Å². The van der Waals surface area contributed by atoms with Gasteiger partial charge in [-0.05, 0) is 126 Å². The first-order valence-corrected chi connectivity index (χ1v) is 25.6. The summed E-state index contributed by atoms with van der Waals surface area (Å²) in [5.41, 5.74) is 11.5. The van der Waals surface area contributed by atoms with Gasteiger partial charge in [0.25, 0.3) is 0 Å². The predicted molar refractivity (Wildman–Crippen MR) is 264 cm³/mol. The molecule has 0 saturated carbocycles. The van der Waals surface area contributed by atoms with Gasteiger partial charge in [-0.1, -0.05) is 209 Å². The first-order valence-electron chi connectivity index (χ1n) is 25.6. The van der Waals surface area contributed by atoms with Crippen LogP contribution in [0, 0.1) is 28.6 Å². The molecule has 0 heterocycles. The van der Waals surface area contributed by atoms with Crippen LogP contribution in [0.2, 0.25) is 0 Å². The van der Waals surface area contributed by atoms with Gasteiger partial charge in [-0.3, -0.25) is 4.79 Å². The van der Waals surface area contributed by atoms with E-state index in [4.69, 9.17) is 11.5 Å². The predicted octanol–water partition coefficient (Wildman–Crippen LogP) is 17.6. The summed E-state index contributed by atoms with van der Waals surface area (Å²) in [4.78, 5) is 11.5. The van der Waals surface area contributed by atoms with Gasteiger partial charge >= 0.3 is 5.97 Å². The second-order valence-corrected chi connectivity index (χ2v) is 20.6. The van der Waals surface area contributed by atoms with Crippen molar-refractivity contribution in [1.82, 2.24) is 0 Å². The summed E-state index contributed by atoms with van der Waals surface area (Å²) in [5, 5.41) is 9.49. The van der Waals surface area contributed by atoms with Crippen molar-refractivity contribution in [2.24, 2.45) is 40.1 Å². The molecule has 0 aliphatic carbocycles. The molecule has 0 aromatic carbocycles. The molecule has 0 fully saturated rings. The van der Waals surface area contributed by atoms with Gasteiger partial charge < -0.3 is 16.6 Å². The van der Waals surface area contributed by atoms with Crippen LogP contribution in [0.25, 0.3) is 0 Å². The first kappa shape index (κ1) is 65.1. The third-order valence-corrected chi connectivity index (χ3v) is 11.3. The maximum atomic E-state index is 11.5. The van der Waals surface area contributed by atoms with E-state index < -0.39 is 5.97 Å². The van der Waals surface area contributed by atoms with E-state index >= 15 is 0 Å². The van der Waals surface area contributed by atoms with E-state index in [-0.39, 0.29) is 37.7 Å². The van der Waals surface area contributed by atoms with Crippen molar-refractivity contribution in [3.05, 3.63) is 24.3 Å². The first-order chi connectivity index (χ1) is 27.6. The molecule has 3 unspecified atom stereocenters. The summed E-state index contributed by atoms with van der Waals surface area (Å²) in [6.45, 7) is 23.9. The molecule has 0 aliphatic heterocycles. The van der Waals surface area contributed by atoms with Crippen LogP contribution in [-0.2, 0) is 25.2 Å².